The van der Waals surface area contributed by atoms with Crippen LogP contribution in [0, 0.1) is 5.82 Å². The average Bonchev–Trinajstić information content (AvgIpc) is 2.76. The minimum absolute atomic E-state index is 0.0892. The number of para-hydroxylation sites is 1. The van der Waals surface area contributed by atoms with E-state index in [0.717, 1.165) is 0 Å². The van der Waals surface area contributed by atoms with Crippen molar-refractivity contribution in [3.05, 3.63) is 53.8 Å². The van der Waals surface area contributed by atoms with Crippen molar-refractivity contribution in [3.8, 4) is 17.2 Å². The molecule has 0 aliphatic carbocycles. The van der Waals surface area contributed by atoms with Gasteiger partial charge in [-0.25, -0.2) is 4.39 Å². The Kier molecular flexibility index (Phi) is 7.98. The fourth-order valence-corrected chi connectivity index (χ4v) is 2.30. The summed E-state index contributed by atoms with van der Waals surface area (Å²) in [6, 6.07) is 10.2. The van der Waals surface area contributed by atoms with Crippen LogP contribution in [0.3, 0.4) is 0 Å². The molecule has 1 atom stereocenters. The molecule has 0 saturated carbocycles. The topological polar surface area (TPSA) is 115 Å². The molecule has 0 heterocycles. The van der Waals surface area contributed by atoms with E-state index in [0.29, 0.717) is 11.5 Å². The van der Waals surface area contributed by atoms with Crippen LogP contribution in [-0.2, 0) is 9.59 Å². The van der Waals surface area contributed by atoms with E-state index in [-0.39, 0.29) is 11.3 Å². The zero-order valence-corrected chi connectivity index (χ0v) is 16.7. The first-order chi connectivity index (χ1) is 14.3. The average molecular weight is 419 g/mol. The van der Waals surface area contributed by atoms with Crippen LogP contribution >= 0.6 is 0 Å². The van der Waals surface area contributed by atoms with Crippen molar-refractivity contribution in [1.29, 1.82) is 0 Å². The Morgan fingerprint density at radius 3 is 2.33 bits per heavy atom. The second kappa shape index (κ2) is 10.6. The van der Waals surface area contributed by atoms with E-state index in [1.165, 1.54) is 51.5 Å². The zero-order chi connectivity index (χ0) is 22.1. The molecule has 0 radical (unpaired) electrons. The number of hydrogen-bond donors (Lipinski definition) is 3. The van der Waals surface area contributed by atoms with Crippen LogP contribution in [0.25, 0.3) is 0 Å². The summed E-state index contributed by atoms with van der Waals surface area (Å²) in [5.41, 5.74) is 4.55. The lowest BCUT2D eigenvalue weighted by Crippen LogP contribution is -2.50. The molecule has 0 saturated heterocycles. The molecule has 0 aliphatic rings. The highest BCUT2D eigenvalue weighted by atomic mass is 19.1. The number of nitrogens with one attached hydrogen (secondary N) is 3. The van der Waals surface area contributed by atoms with Crippen molar-refractivity contribution < 1.29 is 33.0 Å². The van der Waals surface area contributed by atoms with E-state index < -0.39 is 36.2 Å². The van der Waals surface area contributed by atoms with E-state index in [1.54, 1.807) is 12.1 Å². The van der Waals surface area contributed by atoms with E-state index >= 15 is 0 Å². The standard InChI is InChI=1S/C20H22FN3O6/c1-12(30-15-7-5-4-6-14(15)21)19(26)24-23-18(25)11-22-20(27)13-8-9-16(28-2)17(10-13)29-3/h4-10,12H,11H2,1-3H3,(H,22,27)(H,23,25)(H,24,26)/t12-/m0/s1. The Hall–Kier alpha value is -3.82. The highest BCUT2D eigenvalue weighted by Crippen LogP contribution is 2.27. The number of halogens is 1. The van der Waals surface area contributed by atoms with Crippen molar-refractivity contribution in [2.24, 2.45) is 0 Å². The fraction of sp³-hybridized carbons (Fsp3) is 0.250. The first kappa shape index (κ1) is 22.5. The van der Waals surface area contributed by atoms with Crippen molar-refractivity contribution in [3.63, 3.8) is 0 Å². The van der Waals surface area contributed by atoms with Crippen LogP contribution < -0.4 is 30.4 Å². The zero-order valence-electron chi connectivity index (χ0n) is 16.7. The van der Waals surface area contributed by atoms with Crippen LogP contribution in [0.15, 0.2) is 42.5 Å². The molecule has 3 amide bonds. The van der Waals surface area contributed by atoms with Gasteiger partial charge in [-0.2, -0.15) is 0 Å². The third kappa shape index (κ3) is 6.09. The number of methoxy groups -OCH3 is 2. The molecule has 0 unspecified atom stereocenters. The fourth-order valence-electron chi connectivity index (χ4n) is 2.30. The molecule has 2 rings (SSSR count). The quantitative estimate of drug-likeness (QED) is 0.554. The van der Waals surface area contributed by atoms with Gasteiger partial charge in [-0.15, -0.1) is 0 Å². The van der Waals surface area contributed by atoms with Crippen LogP contribution in [0.1, 0.15) is 17.3 Å². The van der Waals surface area contributed by atoms with Gasteiger partial charge in [0.25, 0.3) is 17.7 Å². The maximum Gasteiger partial charge on any atom is 0.279 e. The largest absolute Gasteiger partial charge is 0.493 e. The lowest BCUT2D eigenvalue weighted by atomic mass is 10.2. The summed E-state index contributed by atoms with van der Waals surface area (Å²) in [5, 5.41) is 2.41. The summed E-state index contributed by atoms with van der Waals surface area (Å²) in [6.07, 6.45) is -1.07. The van der Waals surface area contributed by atoms with E-state index in [1.807, 2.05) is 0 Å². The lowest BCUT2D eigenvalue weighted by molar-refractivity contribution is -0.132. The summed E-state index contributed by atoms with van der Waals surface area (Å²) in [6.45, 7) is 1.00. The van der Waals surface area contributed by atoms with E-state index in [4.69, 9.17) is 14.2 Å². The van der Waals surface area contributed by atoms with Crippen LogP contribution in [0.5, 0.6) is 17.2 Å². The van der Waals surface area contributed by atoms with Gasteiger partial charge in [0.1, 0.15) is 0 Å². The molecule has 2 aromatic carbocycles. The lowest BCUT2D eigenvalue weighted by Gasteiger charge is -2.15. The van der Waals surface area contributed by atoms with Crippen LogP contribution in [0.4, 0.5) is 4.39 Å². The number of rotatable bonds is 8. The maximum absolute atomic E-state index is 13.6. The second-order valence-corrected chi connectivity index (χ2v) is 5.98. The number of carbonyl (C=O) groups is 3. The van der Waals surface area contributed by atoms with Crippen molar-refractivity contribution >= 4 is 17.7 Å². The molecule has 0 fully saturated rings. The molecule has 30 heavy (non-hydrogen) atoms. The highest BCUT2D eigenvalue weighted by molar-refractivity contribution is 5.97. The van der Waals surface area contributed by atoms with Gasteiger partial charge >= 0.3 is 0 Å². The van der Waals surface area contributed by atoms with Gasteiger partial charge in [-0.05, 0) is 37.3 Å². The van der Waals surface area contributed by atoms with Crippen LogP contribution in [0.2, 0.25) is 0 Å². The monoisotopic (exact) mass is 419 g/mol. The summed E-state index contributed by atoms with van der Waals surface area (Å²) in [5.74, 6) is -1.76. The number of hydrogen-bond acceptors (Lipinski definition) is 6. The van der Waals surface area contributed by atoms with Gasteiger partial charge in [-0.3, -0.25) is 25.2 Å². The van der Waals surface area contributed by atoms with Gasteiger partial charge in [0, 0.05) is 5.56 Å². The van der Waals surface area contributed by atoms with Crippen LogP contribution in [-0.4, -0.2) is 44.6 Å². The SMILES string of the molecule is COc1ccc(C(=O)NCC(=O)NNC(=O)[C@H](C)Oc2ccccc2F)cc1OC. The third-order valence-electron chi connectivity index (χ3n) is 3.89. The smallest absolute Gasteiger partial charge is 0.279 e. The molecule has 160 valence electrons. The minimum atomic E-state index is -1.07. The Bertz CT molecular complexity index is 921. The summed E-state index contributed by atoms with van der Waals surface area (Å²) in [4.78, 5) is 36.0. The molecule has 9 nitrogen and oxygen atoms in total. The van der Waals surface area contributed by atoms with Crippen molar-refractivity contribution in [2.45, 2.75) is 13.0 Å². The molecular weight excluding hydrogens is 397 g/mol. The number of carbonyl (C=O) groups excluding carboxylic acids is 3. The Labute approximate surface area is 172 Å². The predicted octanol–water partition coefficient (Wildman–Crippen LogP) is 1.19. The number of ether oxygens (including phenoxy) is 3. The van der Waals surface area contributed by atoms with Gasteiger partial charge < -0.3 is 19.5 Å². The van der Waals surface area contributed by atoms with Gasteiger partial charge in [0.2, 0.25) is 0 Å². The normalized spacial score (nSPS) is 11.1. The number of hydrazine groups is 1. The summed E-state index contributed by atoms with van der Waals surface area (Å²) < 4.78 is 29.0. The van der Waals surface area contributed by atoms with E-state index in [9.17, 15) is 18.8 Å². The Morgan fingerprint density at radius 1 is 0.967 bits per heavy atom. The first-order valence-corrected chi connectivity index (χ1v) is 8.85. The van der Waals surface area contributed by atoms with E-state index in [2.05, 4.69) is 16.2 Å². The first-order valence-electron chi connectivity index (χ1n) is 8.85. The number of benzene rings is 2. The molecule has 2 aromatic rings. The molecule has 10 heteroatoms. The molecule has 0 aliphatic heterocycles. The summed E-state index contributed by atoms with van der Waals surface area (Å²) >= 11 is 0. The third-order valence-corrected chi connectivity index (χ3v) is 3.89. The second-order valence-electron chi connectivity index (χ2n) is 5.98. The molecule has 0 bridgehead atoms. The predicted molar refractivity (Wildman–Crippen MR) is 105 cm³/mol. The van der Waals surface area contributed by atoms with Gasteiger partial charge in [0.15, 0.2) is 29.2 Å². The van der Waals surface area contributed by atoms with Gasteiger partial charge in [0.05, 0.1) is 20.8 Å². The minimum Gasteiger partial charge on any atom is -0.493 e. The Morgan fingerprint density at radius 2 is 1.67 bits per heavy atom. The highest BCUT2D eigenvalue weighted by Gasteiger charge is 2.17. The molecule has 0 aromatic heterocycles. The summed E-state index contributed by atoms with van der Waals surface area (Å²) in [7, 11) is 2.91. The van der Waals surface area contributed by atoms with Crippen molar-refractivity contribution in [2.75, 3.05) is 20.8 Å². The molecular formula is C20H22FN3O6. The maximum atomic E-state index is 13.6. The van der Waals surface area contributed by atoms with Gasteiger partial charge in [-0.1, -0.05) is 12.1 Å². The molecule has 0 spiro atoms. The van der Waals surface area contributed by atoms with Crippen molar-refractivity contribution in [1.82, 2.24) is 16.2 Å². The Balaban J connectivity index is 1.79. The number of amides is 3. The molecule has 3 N–H and O–H groups in total.